The van der Waals surface area contributed by atoms with Crippen LogP contribution in [-0.4, -0.2) is 36.0 Å². The third-order valence-corrected chi connectivity index (χ3v) is 4.14. The van der Waals surface area contributed by atoms with Crippen LogP contribution >= 0.6 is 0 Å². The van der Waals surface area contributed by atoms with Crippen molar-refractivity contribution in [1.82, 2.24) is 4.98 Å². The maximum atomic E-state index is 12.7. The van der Waals surface area contributed by atoms with E-state index < -0.39 is 5.41 Å². The third-order valence-electron chi connectivity index (χ3n) is 4.14. The van der Waals surface area contributed by atoms with E-state index in [0.717, 1.165) is 5.56 Å². The first-order valence-corrected chi connectivity index (χ1v) is 8.10. The van der Waals surface area contributed by atoms with E-state index in [4.69, 9.17) is 9.47 Å². The first-order chi connectivity index (χ1) is 11.5. The number of amides is 1. The Morgan fingerprint density at radius 3 is 2.25 bits per heavy atom. The van der Waals surface area contributed by atoms with Gasteiger partial charge in [-0.05, 0) is 38.3 Å². The Morgan fingerprint density at radius 1 is 1.12 bits per heavy atom. The molecule has 1 aliphatic rings. The van der Waals surface area contributed by atoms with Crippen LogP contribution < -0.4 is 5.32 Å². The van der Waals surface area contributed by atoms with Crippen LogP contribution in [0.2, 0.25) is 0 Å². The first-order valence-electron chi connectivity index (χ1n) is 8.10. The quantitative estimate of drug-likeness (QED) is 0.730. The summed E-state index contributed by atoms with van der Waals surface area (Å²) < 4.78 is 9.92. The number of nitrogens with one attached hydrogen (secondary N) is 1. The molecule has 1 aromatic heterocycles. The van der Waals surface area contributed by atoms with Crippen LogP contribution in [0.25, 0.3) is 0 Å². The molecule has 0 saturated carbocycles. The molecule has 0 atom stereocenters. The normalized spacial score (nSPS) is 14.7. The number of hydrogen-bond donors (Lipinski definition) is 1. The van der Waals surface area contributed by atoms with Gasteiger partial charge in [-0.2, -0.15) is 0 Å². The molecule has 0 radical (unpaired) electrons. The average molecular weight is 334 g/mol. The smallest absolute Gasteiger partial charge is 0.305 e. The molecule has 0 saturated heterocycles. The van der Waals surface area contributed by atoms with Gasteiger partial charge in [0.2, 0.25) is 5.91 Å². The fourth-order valence-electron chi connectivity index (χ4n) is 2.99. The first kappa shape index (κ1) is 17.9. The van der Waals surface area contributed by atoms with E-state index in [2.05, 4.69) is 10.3 Å². The molecule has 7 nitrogen and oxygen atoms in total. The summed E-state index contributed by atoms with van der Waals surface area (Å²) in [6.45, 7) is 4.05. The number of nitrogens with zero attached hydrogens (tertiary/aromatic N) is 1. The topological polar surface area (TPSA) is 94.6 Å². The van der Waals surface area contributed by atoms with E-state index >= 15 is 0 Å². The number of carbonyl (C=O) groups excluding carboxylic acids is 3. The molecule has 1 N–H and O–H groups in total. The van der Waals surface area contributed by atoms with Crippen molar-refractivity contribution in [3.8, 4) is 0 Å². The minimum absolute atomic E-state index is 0.103. The highest BCUT2D eigenvalue weighted by atomic mass is 16.5. The van der Waals surface area contributed by atoms with Crippen molar-refractivity contribution in [3.05, 3.63) is 24.0 Å². The highest BCUT2D eigenvalue weighted by Crippen LogP contribution is 2.44. The van der Waals surface area contributed by atoms with Crippen molar-refractivity contribution >= 4 is 23.5 Å². The Balaban J connectivity index is 2.23. The second-order valence-electron chi connectivity index (χ2n) is 5.57. The molecule has 2 heterocycles. The summed E-state index contributed by atoms with van der Waals surface area (Å²) >= 11 is 0. The van der Waals surface area contributed by atoms with Crippen LogP contribution in [0.15, 0.2) is 18.5 Å². The van der Waals surface area contributed by atoms with Gasteiger partial charge in [-0.1, -0.05) is 0 Å². The Morgan fingerprint density at radius 2 is 1.71 bits per heavy atom. The molecule has 1 amide bonds. The van der Waals surface area contributed by atoms with E-state index in [0.29, 0.717) is 18.9 Å². The fourth-order valence-corrected chi connectivity index (χ4v) is 2.99. The molecule has 0 aliphatic carbocycles. The van der Waals surface area contributed by atoms with Gasteiger partial charge in [0.25, 0.3) is 0 Å². The Bertz CT molecular complexity index is 607. The molecule has 24 heavy (non-hydrogen) atoms. The minimum atomic E-state index is -0.947. The number of anilines is 1. The number of fused-ring (bicyclic) bond motifs is 1. The molecule has 0 fully saturated rings. The van der Waals surface area contributed by atoms with Crippen LogP contribution in [0.5, 0.6) is 0 Å². The third kappa shape index (κ3) is 3.72. The number of ether oxygens (including phenoxy) is 2. The van der Waals surface area contributed by atoms with E-state index in [1.54, 1.807) is 32.3 Å². The Kier molecular flexibility index (Phi) is 5.89. The van der Waals surface area contributed by atoms with Crippen molar-refractivity contribution < 1.29 is 23.9 Å². The molecule has 0 bridgehead atoms. The largest absolute Gasteiger partial charge is 0.466 e. The zero-order valence-electron chi connectivity index (χ0n) is 14.0. The van der Waals surface area contributed by atoms with Crippen molar-refractivity contribution in [1.29, 1.82) is 0 Å². The van der Waals surface area contributed by atoms with Gasteiger partial charge >= 0.3 is 11.9 Å². The number of rotatable bonds is 8. The number of pyridine rings is 1. The van der Waals surface area contributed by atoms with E-state index in [1.807, 2.05) is 0 Å². The molecular weight excluding hydrogens is 312 g/mol. The summed E-state index contributed by atoms with van der Waals surface area (Å²) in [5.41, 5.74) is 0.434. The van der Waals surface area contributed by atoms with Gasteiger partial charge < -0.3 is 14.8 Å². The van der Waals surface area contributed by atoms with Crippen LogP contribution in [0, 0.1) is 0 Å². The summed E-state index contributed by atoms with van der Waals surface area (Å²) in [4.78, 5) is 40.1. The summed E-state index contributed by atoms with van der Waals surface area (Å²) in [6.07, 6.45) is 3.92. The fraction of sp³-hybridized carbons (Fsp3) is 0.529. The lowest BCUT2D eigenvalue weighted by molar-refractivity contribution is -0.143. The lowest BCUT2D eigenvalue weighted by Crippen LogP contribution is -2.36. The maximum Gasteiger partial charge on any atom is 0.305 e. The minimum Gasteiger partial charge on any atom is -0.466 e. The number of aromatic nitrogens is 1. The van der Waals surface area contributed by atoms with Crippen molar-refractivity contribution in [2.75, 3.05) is 18.5 Å². The average Bonchev–Trinajstić information content (AvgIpc) is 2.84. The van der Waals surface area contributed by atoms with Gasteiger partial charge in [-0.15, -0.1) is 0 Å². The number of carbonyl (C=O) groups is 3. The molecule has 1 aromatic rings. The van der Waals surface area contributed by atoms with Crippen LogP contribution in [0.3, 0.4) is 0 Å². The lowest BCUT2D eigenvalue weighted by atomic mass is 9.74. The van der Waals surface area contributed by atoms with E-state index in [9.17, 15) is 14.4 Å². The Hall–Kier alpha value is -2.44. The standard InChI is InChI=1S/C17H22N2O5/c1-3-23-14(20)5-8-17(9-6-15(21)24-4-2)12-7-10-18-11-13(12)19-16(17)22/h7,10-11H,3-6,8-9H2,1-2H3,(H,19,22). The molecule has 7 heteroatoms. The van der Waals surface area contributed by atoms with Crippen LogP contribution in [-0.2, 0) is 29.3 Å². The summed E-state index contributed by atoms with van der Waals surface area (Å²) in [6, 6.07) is 1.75. The van der Waals surface area contributed by atoms with Gasteiger partial charge in [-0.3, -0.25) is 19.4 Å². The highest BCUT2D eigenvalue weighted by Gasteiger charge is 2.46. The van der Waals surface area contributed by atoms with Gasteiger partial charge in [0.1, 0.15) is 0 Å². The van der Waals surface area contributed by atoms with Gasteiger partial charge in [0, 0.05) is 19.0 Å². The van der Waals surface area contributed by atoms with Crippen molar-refractivity contribution in [2.24, 2.45) is 0 Å². The van der Waals surface area contributed by atoms with Crippen molar-refractivity contribution in [2.45, 2.75) is 44.9 Å². The predicted molar refractivity (Wildman–Crippen MR) is 86.3 cm³/mol. The summed E-state index contributed by atoms with van der Waals surface area (Å²) in [5.74, 6) is -0.939. The molecule has 0 unspecified atom stereocenters. The number of hydrogen-bond acceptors (Lipinski definition) is 6. The number of esters is 2. The van der Waals surface area contributed by atoms with E-state index in [-0.39, 0.29) is 43.5 Å². The second kappa shape index (κ2) is 7.90. The van der Waals surface area contributed by atoms with Crippen LogP contribution in [0.4, 0.5) is 5.69 Å². The lowest BCUT2D eigenvalue weighted by Gasteiger charge is -2.26. The predicted octanol–water partition coefficient (Wildman–Crippen LogP) is 1.96. The molecule has 0 spiro atoms. The highest BCUT2D eigenvalue weighted by molar-refractivity contribution is 6.06. The molecule has 1 aliphatic heterocycles. The molecule has 130 valence electrons. The summed E-state index contributed by atoms with van der Waals surface area (Å²) in [7, 11) is 0. The SMILES string of the molecule is CCOC(=O)CCC1(CCC(=O)OCC)C(=O)Nc2cnccc21. The van der Waals surface area contributed by atoms with Gasteiger partial charge in [0.05, 0.1) is 30.5 Å². The summed E-state index contributed by atoms with van der Waals surface area (Å²) in [5, 5.41) is 2.79. The van der Waals surface area contributed by atoms with Crippen LogP contribution in [0.1, 0.15) is 45.1 Å². The van der Waals surface area contributed by atoms with Crippen molar-refractivity contribution in [3.63, 3.8) is 0 Å². The zero-order chi connectivity index (χ0) is 17.6. The molecule has 2 rings (SSSR count). The van der Waals surface area contributed by atoms with Gasteiger partial charge in [-0.25, -0.2) is 0 Å². The zero-order valence-corrected chi connectivity index (χ0v) is 14.0. The molecule has 0 aromatic carbocycles. The maximum absolute atomic E-state index is 12.7. The molecular formula is C17H22N2O5. The van der Waals surface area contributed by atoms with Gasteiger partial charge in [0.15, 0.2) is 0 Å². The second-order valence-corrected chi connectivity index (χ2v) is 5.57. The monoisotopic (exact) mass is 334 g/mol. The van der Waals surface area contributed by atoms with E-state index in [1.165, 1.54) is 0 Å². The Labute approximate surface area is 140 Å².